The zero-order valence-electron chi connectivity index (χ0n) is 15.8. The van der Waals surface area contributed by atoms with E-state index < -0.39 is 29.7 Å². The van der Waals surface area contributed by atoms with E-state index in [1.54, 1.807) is 36.1 Å². The van der Waals surface area contributed by atoms with Crippen molar-refractivity contribution in [2.45, 2.75) is 32.0 Å². The van der Waals surface area contributed by atoms with Crippen LogP contribution in [0.15, 0.2) is 24.4 Å². The van der Waals surface area contributed by atoms with Crippen molar-refractivity contribution in [3.63, 3.8) is 0 Å². The number of nitrogens with two attached hydrogens (primary N) is 1. The lowest BCUT2D eigenvalue weighted by Crippen LogP contribution is -2.54. The van der Waals surface area contributed by atoms with Crippen LogP contribution in [0.25, 0.3) is 0 Å². The molecule has 3 heterocycles. The van der Waals surface area contributed by atoms with Crippen molar-refractivity contribution in [1.82, 2.24) is 20.0 Å². The van der Waals surface area contributed by atoms with E-state index in [0.29, 0.717) is 12.1 Å². The van der Waals surface area contributed by atoms with Crippen LogP contribution in [0, 0.1) is 0 Å². The number of carbonyl (C=O) groups excluding carboxylic acids is 4. The highest BCUT2D eigenvalue weighted by Crippen LogP contribution is 2.30. The van der Waals surface area contributed by atoms with Crippen LogP contribution in [-0.4, -0.2) is 44.4 Å². The molecule has 2 aromatic rings. The number of carbonyl (C=O) groups is 4. The Kier molecular flexibility index (Phi) is 4.63. The largest absolute Gasteiger partial charge is 0.366 e. The average Bonchev–Trinajstić information content (AvgIpc) is 3.18. The molecule has 0 bridgehead atoms. The first-order chi connectivity index (χ1) is 13.9. The number of anilines is 1. The van der Waals surface area contributed by atoms with Crippen LogP contribution in [0.3, 0.4) is 0 Å². The fourth-order valence-corrected chi connectivity index (χ4v) is 3.77. The molecule has 29 heavy (non-hydrogen) atoms. The number of nitrogens with one attached hydrogen (secondary N) is 2. The second kappa shape index (κ2) is 7.13. The molecule has 4 rings (SSSR count). The molecule has 4 N–H and O–H groups in total. The number of hydrogen-bond acceptors (Lipinski definition) is 7. The second-order valence-corrected chi connectivity index (χ2v) is 6.99. The van der Waals surface area contributed by atoms with Crippen molar-refractivity contribution in [2.24, 2.45) is 12.8 Å². The molecule has 10 nitrogen and oxygen atoms in total. The molecule has 1 fully saturated rings. The number of aryl methyl sites for hydroxylation is 1. The van der Waals surface area contributed by atoms with E-state index in [1.807, 2.05) is 0 Å². The number of imide groups is 2. The van der Waals surface area contributed by atoms with Gasteiger partial charge in [0.15, 0.2) is 0 Å². The van der Waals surface area contributed by atoms with Gasteiger partial charge in [0.25, 0.3) is 11.8 Å². The molecule has 4 amide bonds. The van der Waals surface area contributed by atoms with Gasteiger partial charge in [-0.3, -0.25) is 34.1 Å². The average molecular weight is 396 g/mol. The summed E-state index contributed by atoms with van der Waals surface area (Å²) in [4.78, 5) is 50.5. The topological polar surface area (TPSA) is 139 Å². The summed E-state index contributed by atoms with van der Waals surface area (Å²) in [5.41, 5.74) is 7.70. The third kappa shape index (κ3) is 3.07. The van der Waals surface area contributed by atoms with Crippen LogP contribution in [0.5, 0.6) is 0 Å². The SMILES string of the molecule is Cn1ncc(CN)c1NCc1cccc2c1C(=O)N(C1CCC(=O)NC1=O)C2=O. The molecule has 0 spiro atoms. The van der Waals surface area contributed by atoms with E-state index in [2.05, 4.69) is 15.7 Å². The van der Waals surface area contributed by atoms with Crippen molar-refractivity contribution in [3.05, 3.63) is 46.6 Å². The number of piperidine rings is 1. The Morgan fingerprint density at radius 1 is 1.21 bits per heavy atom. The maximum atomic E-state index is 13.1. The monoisotopic (exact) mass is 396 g/mol. The molecule has 0 saturated carbocycles. The number of benzene rings is 1. The normalized spacial score (nSPS) is 18.8. The fourth-order valence-electron chi connectivity index (χ4n) is 3.77. The molecule has 150 valence electrons. The lowest BCUT2D eigenvalue weighted by atomic mass is 10.0. The van der Waals surface area contributed by atoms with Gasteiger partial charge in [-0.15, -0.1) is 0 Å². The molecule has 1 aromatic heterocycles. The van der Waals surface area contributed by atoms with Gasteiger partial charge in [-0.2, -0.15) is 5.10 Å². The van der Waals surface area contributed by atoms with Crippen LogP contribution in [0.1, 0.15) is 44.7 Å². The van der Waals surface area contributed by atoms with Gasteiger partial charge in [-0.05, 0) is 18.1 Å². The number of nitrogens with zero attached hydrogens (tertiary/aromatic N) is 3. The van der Waals surface area contributed by atoms with E-state index >= 15 is 0 Å². The van der Waals surface area contributed by atoms with Gasteiger partial charge in [0.2, 0.25) is 11.8 Å². The van der Waals surface area contributed by atoms with Gasteiger partial charge in [-0.25, -0.2) is 0 Å². The number of aromatic nitrogens is 2. The summed E-state index contributed by atoms with van der Waals surface area (Å²) in [6.07, 6.45) is 1.87. The van der Waals surface area contributed by atoms with Gasteiger partial charge in [0, 0.05) is 32.1 Å². The minimum Gasteiger partial charge on any atom is -0.366 e. The first-order valence-electron chi connectivity index (χ1n) is 9.20. The van der Waals surface area contributed by atoms with Crippen molar-refractivity contribution >= 4 is 29.4 Å². The van der Waals surface area contributed by atoms with Crippen LogP contribution in [0.4, 0.5) is 5.82 Å². The Balaban J connectivity index is 1.62. The molecule has 1 saturated heterocycles. The third-order valence-corrected chi connectivity index (χ3v) is 5.24. The van der Waals surface area contributed by atoms with Gasteiger partial charge < -0.3 is 11.1 Å². The summed E-state index contributed by atoms with van der Waals surface area (Å²) >= 11 is 0. The van der Waals surface area contributed by atoms with Gasteiger partial charge in [-0.1, -0.05) is 12.1 Å². The van der Waals surface area contributed by atoms with Gasteiger partial charge >= 0.3 is 0 Å². The molecule has 0 radical (unpaired) electrons. The van der Waals surface area contributed by atoms with Crippen LogP contribution in [0.2, 0.25) is 0 Å². The van der Waals surface area contributed by atoms with E-state index in [9.17, 15) is 19.2 Å². The molecule has 1 unspecified atom stereocenters. The summed E-state index contributed by atoms with van der Waals surface area (Å²) < 4.78 is 1.65. The Bertz CT molecular complexity index is 1040. The number of hydrogen-bond donors (Lipinski definition) is 3. The van der Waals surface area contributed by atoms with E-state index in [0.717, 1.165) is 16.3 Å². The summed E-state index contributed by atoms with van der Waals surface area (Å²) in [6, 6.07) is 4.04. The molecule has 1 atom stereocenters. The van der Waals surface area contributed by atoms with Crippen molar-refractivity contribution in [2.75, 3.05) is 5.32 Å². The highest BCUT2D eigenvalue weighted by Gasteiger charge is 2.45. The maximum absolute atomic E-state index is 13.1. The van der Waals surface area contributed by atoms with Crippen molar-refractivity contribution in [3.8, 4) is 0 Å². The fraction of sp³-hybridized carbons (Fsp3) is 0.316. The molecule has 2 aliphatic heterocycles. The highest BCUT2D eigenvalue weighted by atomic mass is 16.2. The maximum Gasteiger partial charge on any atom is 0.262 e. The lowest BCUT2D eigenvalue weighted by molar-refractivity contribution is -0.136. The zero-order valence-corrected chi connectivity index (χ0v) is 15.8. The first-order valence-corrected chi connectivity index (χ1v) is 9.20. The predicted octanol–water partition coefficient (Wildman–Crippen LogP) is -0.108. The smallest absolute Gasteiger partial charge is 0.262 e. The Hall–Kier alpha value is -3.53. The Morgan fingerprint density at radius 2 is 2.00 bits per heavy atom. The van der Waals surface area contributed by atoms with Crippen molar-refractivity contribution < 1.29 is 19.2 Å². The highest BCUT2D eigenvalue weighted by molar-refractivity contribution is 6.24. The summed E-state index contributed by atoms with van der Waals surface area (Å²) in [5.74, 6) is -1.35. The van der Waals surface area contributed by atoms with Crippen molar-refractivity contribution in [1.29, 1.82) is 0 Å². The number of fused-ring (bicyclic) bond motifs is 1. The van der Waals surface area contributed by atoms with Crippen LogP contribution < -0.4 is 16.4 Å². The number of amides is 4. The Morgan fingerprint density at radius 3 is 2.72 bits per heavy atom. The minimum absolute atomic E-state index is 0.0839. The first kappa shape index (κ1) is 18.8. The number of rotatable bonds is 5. The predicted molar refractivity (Wildman–Crippen MR) is 102 cm³/mol. The molecular formula is C19H20N6O4. The summed E-state index contributed by atoms with van der Waals surface area (Å²) in [6.45, 7) is 0.585. The van der Waals surface area contributed by atoms with Gasteiger partial charge in [0.1, 0.15) is 11.9 Å². The molecule has 1 aromatic carbocycles. The van der Waals surface area contributed by atoms with E-state index in [4.69, 9.17) is 5.73 Å². The lowest BCUT2D eigenvalue weighted by Gasteiger charge is -2.27. The Labute approximate surface area is 166 Å². The van der Waals surface area contributed by atoms with E-state index in [-0.39, 0.29) is 30.5 Å². The molecule has 10 heteroatoms. The third-order valence-electron chi connectivity index (χ3n) is 5.24. The summed E-state index contributed by atoms with van der Waals surface area (Å²) in [5, 5.41) is 9.57. The van der Waals surface area contributed by atoms with Crippen LogP contribution >= 0.6 is 0 Å². The quantitative estimate of drug-likeness (QED) is 0.599. The van der Waals surface area contributed by atoms with Crippen LogP contribution in [-0.2, 0) is 29.7 Å². The molecular weight excluding hydrogens is 376 g/mol. The minimum atomic E-state index is -0.984. The zero-order chi connectivity index (χ0) is 20.7. The van der Waals surface area contributed by atoms with Gasteiger partial charge in [0.05, 0.1) is 17.3 Å². The standard InChI is InChI=1S/C19H20N6O4/c1-24-16(11(7-20)9-22-24)21-8-10-3-2-4-12-15(10)19(29)25(18(12)28)13-5-6-14(26)23-17(13)27/h2-4,9,13,21H,5-8,20H2,1H3,(H,23,26,27). The molecule has 2 aliphatic rings. The second-order valence-electron chi connectivity index (χ2n) is 6.99. The molecule has 0 aliphatic carbocycles. The van der Waals surface area contributed by atoms with E-state index in [1.165, 1.54) is 0 Å². The summed E-state index contributed by atoms with van der Waals surface area (Å²) in [7, 11) is 1.77.